The topological polar surface area (TPSA) is 42.0 Å². The third-order valence-electron chi connectivity index (χ3n) is 2.72. The van der Waals surface area contributed by atoms with Gasteiger partial charge in [0.2, 0.25) is 5.91 Å². The van der Waals surface area contributed by atoms with Gasteiger partial charge in [0.15, 0.2) is 5.13 Å². The van der Waals surface area contributed by atoms with E-state index in [1.807, 2.05) is 48.5 Å². The molecule has 21 heavy (non-hydrogen) atoms. The molecule has 3 nitrogen and oxygen atoms in total. The minimum atomic E-state index is -0.0611. The number of halogens is 1. The van der Waals surface area contributed by atoms with E-state index in [0.29, 0.717) is 15.9 Å². The highest BCUT2D eigenvalue weighted by Crippen LogP contribution is 2.26. The Morgan fingerprint density at radius 3 is 2.71 bits per heavy atom. The molecule has 0 atom stereocenters. The van der Waals surface area contributed by atoms with Crippen molar-refractivity contribution < 1.29 is 4.79 Å². The molecule has 0 aliphatic carbocycles. The van der Waals surface area contributed by atoms with Crippen LogP contribution in [0.25, 0.3) is 10.2 Å². The molecule has 6 heteroatoms. The molecule has 0 aliphatic rings. The van der Waals surface area contributed by atoms with E-state index < -0.39 is 0 Å². The van der Waals surface area contributed by atoms with Crippen LogP contribution in [0, 0.1) is 0 Å². The van der Waals surface area contributed by atoms with E-state index in [2.05, 4.69) is 10.3 Å². The van der Waals surface area contributed by atoms with Gasteiger partial charge in [0.25, 0.3) is 0 Å². The highest BCUT2D eigenvalue weighted by Gasteiger charge is 2.08. The van der Waals surface area contributed by atoms with Crippen molar-refractivity contribution >= 4 is 56.0 Å². The Hall–Kier alpha value is -1.56. The molecular formula is C15H11ClN2OS2. The Morgan fingerprint density at radius 1 is 1.19 bits per heavy atom. The normalized spacial score (nSPS) is 10.7. The third kappa shape index (κ3) is 3.75. The number of para-hydroxylation sites is 1. The monoisotopic (exact) mass is 334 g/mol. The predicted molar refractivity (Wildman–Crippen MR) is 90.4 cm³/mol. The Bertz CT molecular complexity index is 738. The Balaban J connectivity index is 1.59. The molecule has 0 bridgehead atoms. The summed E-state index contributed by atoms with van der Waals surface area (Å²) in [4.78, 5) is 17.3. The number of benzene rings is 2. The quantitative estimate of drug-likeness (QED) is 0.704. The molecule has 0 saturated carbocycles. The first-order valence-corrected chi connectivity index (χ1v) is 8.42. The van der Waals surface area contributed by atoms with E-state index >= 15 is 0 Å². The maximum Gasteiger partial charge on any atom is 0.236 e. The number of thiazole rings is 1. The van der Waals surface area contributed by atoms with Crippen LogP contribution < -0.4 is 5.32 Å². The lowest BCUT2D eigenvalue weighted by Gasteiger charge is -2.02. The first-order chi connectivity index (χ1) is 10.2. The van der Waals surface area contributed by atoms with E-state index in [9.17, 15) is 4.79 Å². The van der Waals surface area contributed by atoms with Gasteiger partial charge in [-0.2, -0.15) is 0 Å². The van der Waals surface area contributed by atoms with Crippen molar-refractivity contribution in [1.29, 1.82) is 0 Å². The van der Waals surface area contributed by atoms with Crippen molar-refractivity contribution in [2.45, 2.75) is 4.90 Å². The zero-order valence-corrected chi connectivity index (χ0v) is 13.3. The van der Waals surface area contributed by atoms with Crippen LogP contribution in [0.5, 0.6) is 0 Å². The maximum absolute atomic E-state index is 11.9. The molecule has 1 amide bonds. The number of hydrogen-bond acceptors (Lipinski definition) is 4. The Kier molecular flexibility index (Phi) is 4.43. The first-order valence-electron chi connectivity index (χ1n) is 6.24. The van der Waals surface area contributed by atoms with Crippen molar-refractivity contribution in [3.63, 3.8) is 0 Å². The summed E-state index contributed by atoms with van der Waals surface area (Å²) in [6.45, 7) is 0. The van der Waals surface area contributed by atoms with E-state index in [1.54, 1.807) is 0 Å². The Morgan fingerprint density at radius 2 is 1.95 bits per heavy atom. The summed E-state index contributed by atoms with van der Waals surface area (Å²) in [6, 6.07) is 15.3. The van der Waals surface area contributed by atoms with Crippen LogP contribution in [0.15, 0.2) is 53.4 Å². The minimum absolute atomic E-state index is 0.0611. The molecule has 0 radical (unpaired) electrons. The van der Waals surface area contributed by atoms with Gasteiger partial charge >= 0.3 is 0 Å². The van der Waals surface area contributed by atoms with E-state index in [1.165, 1.54) is 23.1 Å². The smallest absolute Gasteiger partial charge is 0.236 e. The molecule has 1 N–H and O–H groups in total. The summed E-state index contributed by atoms with van der Waals surface area (Å²) >= 11 is 8.77. The first kappa shape index (κ1) is 14.4. The summed E-state index contributed by atoms with van der Waals surface area (Å²) < 4.78 is 1.07. The standard InChI is InChI=1S/C15H11ClN2OS2/c16-10-5-7-11(8-6-10)20-9-14(19)18-15-17-12-3-1-2-4-13(12)21-15/h1-8H,9H2,(H,17,18,19). The second-order valence-electron chi connectivity index (χ2n) is 4.28. The van der Waals surface area contributed by atoms with Gasteiger partial charge < -0.3 is 5.32 Å². The van der Waals surface area contributed by atoms with E-state index in [4.69, 9.17) is 11.6 Å². The van der Waals surface area contributed by atoms with Gasteiger partial charge in [-0.3, -0.25) is 4.79 Å². The summed E-state index contributed by atoms with van der Waals surface area (Å²) in [5.74, 6) is 0.284. The number of rotatable bonds is 4. The van der Waals surface area contributed by atoms with Crippen LogP contribution in [0.3, 0.4) is 0 Å². The third-order valence-corrected chi connectivity index (χ3v) is 4.94. The average molecular weight is 335 g/mol. The number of anilines is 1. The van der Waals surface area contributed by atoms with E-state index in [-0.39, 0.29) is 5.91 Å². The second kappa shape index (κ2) is 6.47. The summed E-state index contributed by atoms with van der Waals surface area (Å²) in [5.41, 5.74) is 0.906. The molecule has 2 aromatic carbocycles. The molecule has 3 rings (SSSR count). The van der Waals surface area contributed by atoms with Crippen molar-refractivity contribution in [3.05, 3.63) is 53.6 Å². The number of thioether (sulfide) groups is 1. The van der Waals surface area contributed by atoms with Gasteiger partial charge in [0.1, 0.15) is 0 Å². The predicted octanol–water partition coefficient (Wildman–Crippen LogP) is 4.68. The largest absolute Gasteiger partial charge is 0.301 e. The van der Waals surface area contributed by atoms with Crippen LogP contribution in [-0.4, -0.2) is 16.6 Å². The highest BCUT2D eigenvalue weighted by atomic mass is 35.5. The number of aromatic nitrogens is 1. The van der Waals surface area contributed by atoms with Crippen LogP contribution in [0.1, 0.15) is 0 Å². The zero-order chi connectivity index (χ0) is 14.7. The molecule has 3 aromatic rings. The van der Waals surface area contributed by atoms with Gasteiger partial charge in [-0.1, -0.05) is 35.1 Å². The molecule has 0 unspecified atom stereocenters. The summed E-state index contributed by atoms with van der Waals surface area (Å²) in [7, 11) is 0. The number of fused-ring (bicyclic) bond motifs is 1. The van der Waals surface area contributed by atoms with Gasteiger partial charge in [-0.15, -0.1) is 11.8 Å². The lowest BCUT2D eigenvalue weighted by Crippen LogP contribution is -2.13. The molecule has 1 heterocycles. The number of amides is 1. The van der Waals surface area contributed by atoms with Crippen LogP contribution in [-0.2, 0) is 4.79 Å². The summed E-state index contributed by atoms with van der Waals surface area (Å²) in [6.07, 6.45) is 0. The summed E-state index contributed by atoms with van der Waals surface area (Å²) in [5, 5.41) is 4.16. The highest BCUT2D eigenvalue weighted by molar-refractivity contribution is 8.00. The average Bonchev–Trinajstić information content (AvgIpc) is 2.88. The number of nitrogens with one attached hydrogen (secondary N) is 1. The number of carbonyl (C=O) groups is 1. The van der Waals surface area contributed by atoms with Crippen molar-refractivity contribution in [2.24, 2.45) is 0 Å². The van der Waals surface area contributed by atoms with Crippen LogP contribution in [0.2, 0.25) is 5.02 Å². The fourth-order valence-corrected chi connectivity index (χ4v) is 3.47. The number of hydrogen-bond donors (Lipinski definition) is 1. The lowest BCUT2D eigenvalue weighted by molar-refractivity contribution is -0.113. The Labute approximate surface area is 135 Å². The van der Waals surface area contributed by atoms with Gasteiger partial charge in [0, 0.05) is 9.92 Å². The molecular weight excluding hydrogens is 324 g/mol. The molecule has 0 spiro atoms. The molecule has 0 aliphatic heterocycles. The van der Waals surface area contributed by atoms with Gasteiger partial charge in [-0.05, 0) is 36.4 Å². The van der Waals surface area contributed by atoms with Crippen molar-refractivity contribution in [2.75, 3.05) is 11.1 Å². The number of carbonyl (C=O) groups excluding carboxylic acids is 1. The second-order valence-corrected chi connectivity index (χ2v) is 6.79. The van der Waals surface area contributed by atoms with E-state index in [0.717, 1.165) is 15.1 Å². The SMILES string of the molecule is O=C(CSc1ccc(Cl)cc1)Nc1nc2ccccc2s1. The lowest BCUT2D eigenvalue weighted by atomic mass is 10.3. The van der Waals surface area contributed by atoms with Crippen LogP contribution in [0.4, 0.5) is 5.13 Å². The van der Waals surface area contributed by atoms with Gasteiger partial charge in [0.05, 0.1) is 16.0 Å². The van der Waals surface area contributed by atoms with Crippen molar-refractivity contribution in [3.8, 4) is 0 Å². The van der Waals surface area contributed by atoms with Crippen LogP contribution >= 0.6 is 34.7 Å². The number of nitrogens with zero attached hydrogens (tertiary/aromatic N) is 1. The van der Waals surface area contributed by atoms with Gasteiger partial charge in [-0.25, -0.2) is 4.98 Å². The molecule has 106 valence electrons. The fourth-order valence-electron chi connectivity index (χ4n) is 1.76. The van der Waals surface area contributed by atoms with Crippen molar-refractivity contribution in [1.82, 2.24) is 4.98 Å². The molecule has 0 fully saturated rings. The zero-order valence-electron chi connectivity index (χ0n) is 10.9. The molecule has 0 saturated heterocycles. The fraction of sp³-hybridized carbons (Fsp3) is 0.0667. The maximum atomic E-state index is 11.9. The molecule has 1 aromatic heterocycles. The minimum Gasteiger partial charge on any atom is -0.301 e.